The van der Waals surface area contributed by atoms with E-state index in [0.717, 1.165) is 17.7 Å². The lowest BCUT2D eigenvalue weighted by molar-refractivity contribution is 0.0952. The molecular weight excluding hydrogens is 341 g/mol. The van der Waals surface area contributed by atoms with Crippen molar-refractivity contribution < 1.29 is 9.18 Å². The lowest BCUT2D eigenvalue weighted by Gasteiger charge is -2.07. The lowest BCUT2D eigenvalue weighted by atomic mass is 10.2. The zero-order valence-corrected chi connectivity index (χ0v) is 14.4. The van der Waals surface area contributed by atoms with Crippen molar-refractivity contribution in [3.63, 3.8) is 0 Å². The van der Waals surface area contributed by atoms with E-state index >= 15 is 0 Å². The summed E-state index contributed by atoms with van der Waals surface area (Å²) in [5, 5.41) is 2.72. The monoisotopic (exact) mass is 357 g/mol. The number of thiophene rings is 1. The number of benzene rings is 1. The molecule has 4 rings (SSSR count). The number of hydrogen-bond acceptors (Lipinski definition) is 4. The van der Waals surface area contributed by atoms with Crippen molar-refractivity contribution in [2.24, 2.45) is 0 Å². The molecule has 5 nitrogen and oxygen atoms in total. The molecule has 1 aliphatic rings. The maximum atomic E-state index is 13.7. The first-order chi connectivity index (χ1) is 12.1. The zero-order valence-electron chi connectivity index (χ0n) is 13.6. The minimum absolute atomic E-state index is 0.0847. The average molecular weight is 357 g/mol. The molecule has 1 saturated carbocycles. The summed E-state index contributed by atoms with van der Waals surface area (Å²) >= 11 is 1.29. The van der Waals surface area contributed by atoms with Gasteiger partial charge in [0, 0.05) is 23.0 Å². The van der Waals surface area contributed by atoms with Crippen LogP contribution in [-0.2, 0) is 6.54 Å². The number of rotatable bonds is 4. The standard InChI is InChI=1S/C18H16FN3O2S/c1-10-14(17(23)20-8-11-4-2-3-5-13(11)19)15-16(25-10)18(24)22(9-21-15)12-6-7-12/h2-5,9,12H,6-8H2,1H3,(H,20,23). The van der Waals surface area contributed by atoms with Gasteiger partial charge in [-0.25, -0.2) is 9.37 Å². The van der Waals surface area contributed by atoms with E-state index in [9.17, 15) is 14.0 Å². The van der Waals surface area contributed by atoms with Crippen LogP contribution in [0.5, 0.6) is 0 Å². The highest BCUT2D eigenvalue weighted by atomic mass is 32.1. The van der Waals surface area contributed by atoms with E-state index in [-0.39, 0.29) is 29.9 Å². The van der Waals surface area contributed by atoms with Gasteiger partial charge in [-0.05, 0) is 25.8 Å². The summed E-state index contributed by atoms with van der Waals surface area (Å²) < 4.78 is 15.8. The number of hydrogen-bond donors (Lipinski definition) is 1. The van der Waals surface area contributed by atoms with Crippen molar-refractivity contribution in [2.75, 3.05) is 0 Å². The largest absolute Gasteiger partial charge is 0.348 e. The predicted octanol–water partition coefficient (Wildman–Crippen LogP) is 3.17. The third-order valence-electron chi connectivity index (χ3n) is 4.36. The third-order valence-corrected chi connectivity index (χ3v) is 5.45. The van der Waals surface area contributed by atoms with Gasteiger partial charge in [0.1, 0.15) is 16.0 Å². The second kappa shape index (κ2) is 6.07. The molecule has 1 fully saturated rings. The Bertz CT molecular complexity index is 1040. The molecule has 2 aromatic heterocycles. The number of fused-ring (bicyclic) bond motifs is 1. The molecule has 0 unspecified atom stereocenters. The maximum absolute atomic E-state index is 13.7. The van der Waals surface area contributed by atoms with Crippen LogP contribution in [0.25, 0.3) is 10.2 Å². The SMILES string of the molecule is Cc1sc2c(=O)n(C3CC3)cnc2c1C(=O)NCc1ccccc1F. The highest BCUT2D eigenvalue weighted by molar-refractivity contribution is 7.19. The minimum Gasteiger partial charge on any atom is -0.348 e. The number of carbonyl (C=O) groups is 1. The Morgan fingerprint density at radius 2 is 2.16 bits per heavy atom. The van der Waals surface area contributed by atoms with Gasteiger partial charge in [-0.15, -0.1) is 11.3 Å². The van der Waals surface area contributed by atoms with E-state index in [0.29, 0.717) is 21.3 Å². The fraction of sp³-hybridized carbons (Fsp3) is 0.278. The lowest BCUT2D eigenvalue weighted by Crippen LogP contribution is -2.24. The molecule has 1 aliphatic carbocycles. The predicted molar refractivity (Wildman–Crippen MR) is 94.5 cm³/mol. The molecule has 1 amide bonds. The van der Waals surface area contributed by atoms with Gasteiger partial charge >= 0.3 is 0 Å². The summed E-state index contributed by atoms with van der Waals surface area (Å²) in [6.07, 6.45) is 3.52. The smallest absolute Gasteiger partial charge is 0.271 e. The molecular formula is C18H16FN3O2S. The number of aromatic nitrogens is 2. The minimum atomic E-state index is -0.361. The molecule has 2 heterocycles. The summed E-state index contributed by atoms with van der Waals surface area (Å²) in [5.74, 6) is -0.705. The average Bonchev–Trinajstić information content (AvgIpc) is 3.37. The van der Waals surface area contributed by atoms with E-state index < -0.39 is 0 Å². The number of halogens is 1. The van der Waals surface area contributed by atoms with Gasteiger partial charge in [-0.2, -0.15) is 0 Å². The molecule has 0 radical (unpaired) electrons. The van der Waals surface area contributed by atoms with Crippen LogP contribution in [0.2, 0.25) is 0 Å². The Kier molecular flexibility index (Phi) is 3.88. The first-order valence-corrected chi connectivity index (χ1v) is 8.89. The number of aryl methyl sites for hydroxylation is 1. The van der Waals surface area contributed by atoms with Crippen LogP contribution in [0, 0.1) is 12.7 Å². The first kappa shape index (κ1) is 16.0. The summed E-state index contributed by atoms with van der Waals surface area (Å²) in [7, 11) is 0. The van der Waals surface area contributed by atoms with Crippen LogP contribution in [-0.4, -0.2) is 15.5 Å². The normalized spacial score (nSPS) is 14.0. The quantitative estimate of drug-likeness (QED) is 0.780. The van der Waals surface area contributed by atoms with Gasteiger partial charge in [0.15, 0.2) is 0 Å². The molecule has 0 atom stereocenters. The molecule has 7 heteroatoms. The van der Waals surface area contributed by atoms with E-state index in [4.69, 9.17) is 0 Å². The van der Waals surface area contributed by atoms with Gasteiger partial charge in [0.2, 0.25) is 0 Å². The van der Waals surface area contributed by atoms with E-state index in [1.807, 2.05) is 0 Å². The van der Waals surface area contributed by atoms with Crippen LogP contribution in [0.4, 0.5) is 4.39 Å². The molecule has 128 valence electrons. The number of nitrogens with one attached hydrogen (secondary N) is 1. The van der Waals surface area contributed by atoms with Crippen LogP contribution >= 0.6 is 11.3 Å². The Balaban J connectivity index is 1.65. The highest BCUT2D eigenvalue weighted by Gasteiger charge is 2.27. The number of carbonyl (C=O) groups excluding carboxylic acids is 1. The van der Waals surface area contributed by atoms with E-state index in [1.165, 1.54) is 23.7 Å². The Morgan fingerprint density at radius 3 is 2.88 bits per heavy atom. The molecule has 1 N–H and O–H groups in total. The van der Waals surface area contributed by atoms with Crippen LogP contribution in [0.1, 0.15) is 39.7 Å². The van der Waals surface area contributed by atoms with Crippen molar-refractivity contribution in [1.82, 2.24) is 14.9 Å². The van der Waals surface area contributed by atoms with Crippen molar-refractivity contribution >= 4 is 27.5 Å². The molecule has 0 aliphatic heterocycles. The van der Waals surface area contributed by atoms with Gasteiger partial charge in [0.25, 0.3) is 11.5 Å². The number of amides is 1. The van der Waals surface area contributed by atoms with Gasteiger partial charge in [0.05, 0.1) is 11.9 Å². The summed E-state index contributed by atoms with van der Waals surface area (Å²) in [6, 6.07) is 6.55. The molecule has 0 saturated heterocycles. The second-order valence-corrected chi connectivity index (χ2v) is 7.40. The topological polar surface area (TPSA) is 64.0 Å². The number of nitrogens with zero attached hydrogens (tertiary/aromatic N) is 2. The molecule has 0 bridgehead atoms. The van der Waals surface area contributed by atoms with Crippen LogP contribution in [0.3, 0.4) is 0 Å². The summed E-state index contributed by atoms with van der Waals surface area (Å²) in [4.78, 5) is 30.3. The molecule has 0 spiro atoms. The van der Waals surface area contributed by atoms with Gasteiger partial charge in [-0.3, -0.25) is 14.2 Å². The zero-order chi connectivity index (χ0) is 17.6. The first-order valence-electron chi connectivity index (χ1n) is 8.08. The summed E-state index contributed by atoms with van der Waals surface area (Å²) in [5.41, 5.74) is 1.15. The summed E-state index contributed by atoms with van der Waals surface area (Å²) in [6.45, 7) is 1.88. The van der Waals surface area contributed by atoms with Crippen molar-refractivity contribution in [1.29, 1.82) is 0 Å². The van der Waals surface area contributed by atoms with Crippen LogP contribution < -0.4 is 10.9 Å². The fourth-order valence-electron chi connectivity index (χ4n) is 2.88. The molecule has 3 aromatic rings. The van der Waals surface area contributed by atoms with E-state index in [1.54, 1.807) is 29.7 Å². The second-order valence-electron chi connectivity index (χ2n) is 6.17. The van der Waals surface area contributed by atoms with Crippen molar-refractivity contribution in [3.8, 4) is 0 Å². The Morgan fingerprint density at radius 1 is 1.40 bits per heavy atom. The van der Waals surface area contributed by atoms with Gasteiger partial charge < -0.3 is 5.32 Å². The van der Waals surface area contributed by atoms with Crippen molar-refractivity contribution in [2.45, 2.75) is 32.4 Å². The van der Waals surface area contributed by atoms with Crippen LogP contribution in [0.15, 0.2) is 35.4 Å². The van der Waals surface area contributed by atoms with Gasteiger partial charge in [-0.1, -0.05) is 18.2 Å². The maximum Gasteiger partial charge on any atom is 0.271 e. The highest BCUT2D eigenvalue weighted by Crippen LogP contribution is 2.34. The Hall–Kier alpha value is -2.54. The van der Waals surface area contributed by atoms with Crippen molar-refractivity contribution in [3.05, 3.63) is 62.8 Å². The molecule has 25 heavy (non-hydrogen) atoms. The third kappa shape index (κ3) is 2.84. The molecule has 1 aromatic carbocycles. The fourth-order valence-corrected chi connectivity index (χ4v) is 3.92. The Labute approximate surface area is 147 Å². The van der Waals surface area contributed by atoms with E-state index in [2.05, 4.69) is 10.3 Å².